The van der Waals surface area contributed by atoms with Gasteiger partial charge in [-0.3, -0.25) is 4.90 Å². The van der Waals surface area contributed by atoms with Crippen molar-refractivity contribution in [3.8, 4) is 6.07 Å². The number of nitriles is 1. The van der Waals surface area contributed by atoms with Crippen LogP contribution >= 0.6 is 0 Å². The van der Waals surface area contributed by atoms with Crippen LogP contribution in [0, 0.1) is 17.2 Å². The van der Waals surface area contributed by atoms with E-state index in [1.54, 1.807) is 6.07 Å². The summed E-state index contributed by atoms with van der Waals surface area (Å²) in [7, 11) is 0. The first-order chi connectivity index (χ1) is 13.9. The maximum atomic E-state index is 13.6. The van der Waals surface area contributed by atoms with Crippen molar-refractivity contribution >= 4 is 0 Å². The molecule has 0 saturated heterocycles. The van der Waals surface area contributed by atoms with E-state index in [4.69, 9.17) is 0 Å². The van der Waals surface area contributed by atoms with Crippen molar-refractivity contribution in [2.45, 2.75) is 50.7 Å². The van der Waals surface area contributed by atoms with Crippen molar-refractivity contribution in [1.82, 2.24) is 4.90 Å². The van der Waals surface area contributed by atoms with Crippen LogP contribution in [0.2, 0.25) is 0 Å². The molecule has 0 heterocycles. The van der Waals surface area contributed by atoms with Gasteiger partial charge in [0, 0.05) is 6.54 Å². The first-order valence-electron chi connectivity index (χ1n) is 10.2. The highest BCUT2D eigenvalue weighted by Gasteiger charge is 2.50. The van der Waals surface area contributed by atoms with Crippen LogP contribution in [0.5, 0.6) is 0 Å². The largest absolute Gasteiger partial charge is 0.416 e. The molecule has 3 rings (SSSR count). The van der Waals surface area contributed by atoms with Crippen LogP contribution in [0.15, 0.2) is 54.6 Å². The summed E-state index contributed by atoms with van der Waals surface area (Å²) in [6.45, 7) is 4.51. The van der Waals surface area contributed by atoms with Gasteiger partial charge < -0.3 is 0 Å². The molecule has 1 fully saturated rings. The van der Waals surface area contributed by atoms with E-state index in [9.17, 15) is 18.4 Å². The Morgan fingerprint density at radius 3 is 2.17 bits per heavy atom. The molecule has 0 bridgehead atoms. The van der Waals surface area contributed by atoms with Gasteiger partial charge in [-0.05, 0) is 61.9 Å². The van der Waals surface area contributed by atoms with Gasteiger partial charge in [0.15, 0.2) is 0 Å². The van der Waals surface area contributed by atoms with Crippen LogP contribution in [-0.4, -0.2) is 18.0 Å². The van der Waals surface area contributed by atoms with E-state index in [0.717, 1.165) is 38.5 Å². The van der Waals surface area contributed by atoms with Gasteiger partial charge in [0.2, 0.25) is 0 Å². The van der Waals surface area contributed by atoms with E-state index in [-0.39, 0.29) is 11.5 Å². The average molecular weight is 400 g/mol. The molecule has 5 heteroatoms. The highest BCUT2D eigenvalue weighted by atomic mass is 19.4. The first-order valence-corrected chi connectivity index (χ1v) is 10.2. The topological polar surface area (TPSA) is 27.0 Å². The molecule has 1 aliphatic rings. The number of nitrogens with zero attached hydrogens (tertiary/aromatic N) is 2. The molecule has 0 amide bonds. The van der Waals surface area contributed by atoms with Crippen LogP contribution in [0.4, 0.5) is 13.2 Å². The Balaban J connectivity index is 1.76. The first kappa shape index (κ1) is 21.4. The molecule has 0 N–H and O–H groups in total. The van der Waals surface area contributed by atoms with Gasteiger partial charge >= 0.3 is 6.18 Å². The second-order valence-electron chi connectivity index (χ2n) is 7.86. The van der Waals surface area contributed by atoms with E-state index < -0.39 is 17.2 Å². The molecular weight excluding hydrogens is 373 g/mol. The summed E-state index contributed by atoms with van der Waals surface area (Å²) < 4.78 is 40.9. The second-order valence-corrected chi connectivity index (χ2v) is 7.86. The van der Waals surface area contributed by atoms with Gasteiger partial charge in [0.1, 0.15) is 0 Å². The van der Waals surface area contributed by atoms with Crippen LogP contribution in [0.3, 0.4) is 0 Å². The van der Waals surface area contributed by atoms with E-state index >= 15 is 0 Å². The molecule has 0 aliphatic heterocycles. The number of benzene rings is 2. The quantitative estimate of drug-likeness (QED) is 0.503. The summed E-state index contributed by atoms with van der Waals surface area (Å²) in [6, 6.07) is 18.1. The second kappa shape index (κ2) is 9.00. The monoisotopic (exact) mass is 400 g/mol. The predicted octanol–water partition coefficient (Wildman–Crippen LogP) is 6.18. The van der Waals surface area contributed by atoms with Gasteiger partial charge in [-0.2, -0.15) is 18.4 Å². The number of rotatable bonds is 9. The molecular formula is C24H27F3N2. The zero-order valence-electron chi connectivity index (χ0n) is 16.8. The summed E-state index contributed by atoms with van der Waals surface area (Å²) >= 11 is 0. The molecule has 1 unspecified atom stereocenters. The van der Waals surface area contributed by atoms with Crippen molar-refractivity contribution in [2.24, 2.45) is 5.92 Å². The third-order valence-electron chi connectivity index (χ3n) is 5.93. The Morgan fingerprint density at radius 1 is 1.00 bits per heavy atom. The highest BCUT2D eigenvalue weighted by molar-refractivity contribution is 5.43. The molecule has 2 aromatic carbocycles. The maximum Gasteiger partial charge on any atom is 0.416 e. The van der Waals surface area contributed by atoms with Crippen molar-refractivity contribution < 1.29 is 13.2 Å². The van der Waals surface area contributed by atoms with Crippen molar-refractivity contribution in [3.63, 3.8) is 0 Å². The minimum absolute atomic E-state index is 0.0141. The molecule has 2 nitrogen and oxygen atoms in total. The van der Waals surface area contributed by atoms with Crippen LogP contribution in [0.25, 0.3) is 0 Å². The lowest BCUT2D eigenvalue weighted by atomic mass is 9.72. The fourth-order valence-corrected chi connectivity index (χ4v) is 4.23. The Hall–Kier alpha value is -2.32. The predicted molar refractivity (Wildman–Crippen MR) is 108 cm³/mol. The van der Waals surface area contributed by atoms with E-state index in [1.807, 2.05) is 18.2 Å². The molecule has 0 aromatic heterocycles. The molecule has 2 aromatic rings. The van der Waals surface area contributed by atoms with Gasteiger partial charge in [0.25, 0.3) is 0 Å². The minimum atomic E-state index is -4.45. The van der Waals surface area contributed by atoms with Crippen LogP contribution in [0.1, 0.15) is 49.3 Å². The normalized spacial score (nSPS) is 16.4. The molecule has 29 heavy (non-hydrogen) atoms. The Labute approximate surface area is 171 Å². The molecule has 154 valence electrons. The third kappa shape index (κ3) is 5.00. The van der Waals surface area contributed by atoms with Gasteiger partial charge in [0.05, 0.1) is 17.0 Å². The van der Waals surface area contributed by atoms with Crippen molar-refractivity contribution in [2.75, 3.05) is 13.1 Å². The Bertz CT molecular complexity index is 837. The van der Waals surface area contributed by atoms with Crippen molar-refractivity contribution in [1.29, 1.82) is 5.26 Å². The van der Waals surface area contributed by atoms with Gasteiger partial charge in [-0.1, -0.05) is 55.5 Å². The summed E-state index contributed by atoms with van der Waals surface area (Å²) in [5.41, 5.74) is -0.350. The molecule has 1 atom stereocenters. The van der Waals surface area contributed by atoms with Crippen LogP contribution in [-0.2, 0) is 18.1 Å². The SMILES string of the molecule is CCN(CCCC(C#N)(c1ccccc1C(F)(F)F)C1CC1)Cc1ccccc1. The third-order valence-corrected chi connectivity index (χ3v) is 5.93. The summed E-state index contributed by atoms with van der Waals surface area (Å²) in [5, 5.41) is 10.1. The summed E-state index contributed by atoms with van der Waals surface area (Å²) in [6.07, 6.45) is -1.66. The number of hydrogen-bond acceptors (Lipinski definition) is 2. The zero-order chi connectivity index (χ0) is 20.9. The zero-order valence-corrected chi connectivity index (χ0v) is 16.8. The highest BCUT2D eigenvalue weighted by Crippen LogP contribution is 2.52. The average Bonchev–Trinajstić information content (AvgIpc) is 3.56. The van der Waals surface area contributed by atoms with Gasteiger partial charge in [-0.15, -0.1) is 0 Å². The fraction of sp³-hybridized carbons (Fsp3) is 0.458. The lowest BCUT2D eigenvalue weighted by Crippen LogP contribution is -2.32. The summed E-state index contributed by atoms with van der Waals surface area (Å²) in [5.74, 6) is 0.0141. The lowest BCUT2D eigenvalue weighted by molar-refractivity contribution is -0.138. The minimum Gasteiger partial charge on any atom is -0.299 e. The Kier molecular flexibility index (Phi) is 6.64. The van der Waals surface area contributed by atoms with Gasteiger partial charge in [-0.25, -0.2) is 0 Å². The fourth-order valence-electron chi connectivity index (χ4n) is 4.23. The van der Waals surface area contributed by atoms with Crippen molar-refractivity contribution in [3.05, 3.63) is 71.3 Å². The lowest BCUT2D eigenvalue weighted by Gasteiger charge is -2.31. The van der Waals surface area contributed by atoms with Crippen LogP contribution < -0.4 is 0 Å². The van der Waals surface area contributed by atoms with E-state index in [2.05, 4.69) is 30.0 Å². The molecule has 1 aliphatic carbocycles. The standard InChI is InChI=1S/C24H27F3N2/c1-2-29(17-19-9-4-3-5-10-19)16-8-15-23(18-28,20-13-14-20)21-11-6-7-12-22(21)24(25,26)27/h3-7,9-12,20H,2,8,13-17H2,1H3. The molecule has 0 radical (unpaired) electrons. The smallest absolute Gasteiger partial charge is 0.299 e. The molecule has 1 saturated carbocycles. The number of halogens is 3. The number of alkyl halides is 3. The molecule has 0 spiro atoms. The maximum absolute atomic E-state index is 13.6. The van der Waals surface area contributed by atoms with E-state index in [0.29, 0.717) is 12.8 Å². The van der Waals surface area contributed by atoms with E-state index in [1.165, 1.54) is 17.7 Å². The number of hydrogen-bond donors (Lipinski definition) is 0. The Morgan fingerprint density at radius 2 is 1.62 bits per heavy atom. The summed E-state index contributed by atoms with van der Waals surface area (Å²) in [4.78, 5) is 2.28.